The molecule has 0 atom stereocenters. The number of nitrogens with one attached hydrogen (secondary N) is 1. The second-order valence-corrected chi connectivity index (χ2v) is 5.22. The van der Waals surface area contributed by atoms with Crippen molar-refractivity contribution in [3.63, 3.8) is 0 Å². The molecule has 2 aromatic carbocycles. The van der Waals surface area contributed by atoms with Crippen LogP contribution in [-0.2, 0) is 9.53 Å². The summed E-state index contributed by atoms with van der Waals surface area (Å²) in [6.07, 6.45) is 0. The average Bonchev–Trinajstić information content (AvgIpc) is 2.51. The Morgan fingerprint density at radius 1 is 1.04 bits per heavy atom. The third-order valence-electron chi connectivity index (χ3n) is 2.69. The van der Waals surface area contributed by atoms with Crippen LogP contribution in [0.3, 0.4) is 0 Å². The van der Waals surface area contributed by atoms with Gasteiger partial charge in [-0.25, -0.2) is 13.6 Å². The van der Waals surface area contributed by atoms with Crippen LogP contribution < -0.4 is 5.32 Å². The molecule has 0 fully saturated rings. The number of carbonyl (C=O) groups excluding carboxylic acids is 2. The minimum atomic E-state index is -1.11. The Morgan fingerprint density at radius 3 is 2.48 bits per heavy atom. The van der Waals surface area contributed by atoms with E-state index in [1.807, 2.05) is 0 Å². The van der Waals surface area contributed by atoms with Crippen LogP contribution in [0.25, 0.3) is 0 Å². The molecule has 0 radical (unpaired) electrons. The van der Waals surface area contributed by atoms with Gasteiger partial charge in [0.15, 0.2) is 18.2 Å². The van der Waals surface area contributed by atoms with Gasteiger partial charge >= 0.3 is 5.97 Å². The fourth-order valence-electron chi connectivity index (χ4n) is 1.63. The molecule has 1 N–H and O–H groups in total. The molecule has 0 spiro atoms. The summed E-state index contributed by atoms with van der Waals surface area (Å²) in [5, 5.41) is 2.67. The Labute approximate surface area is 140 Å². The van der Waals surface area contributed by atoms with E-state index in [0.29, 0.717) is 0 Å². The van der Waals surface area contributed by atoms with Crippen LogP contribution in [0.2, 0.25) is 10.0 Å². The van der Waals surface area contributed by atoms with Crippen molar-refractivity contribution in [2.24, 2.45) is 0 Å². The normalized spacial score (nSPS) is 10.3. The fourth-order valence-corrected chi connectivity index (χ4v) is 2.00. The first kappa shape index (κ1) is 17.2. The number of hydrogen-bond acceptors (Lipinski definition) is 3. The molecule has 2 rings (SSSR count). The molecule has 23 heavy (non-hydrogen) atoms. The average molecular weight is 360 g/mol. The third-order valence-corrected chi connectivity index (χ3v) is 3.25. The summed E-state index contributed by atoms with van der Waals surface area (Å²) in [7, 11) is 0. The highest BCUT2D eigenvalue weighted by molar-refractivity contribution is 6.35. The zero-order valence-electron chi connectivity index (χ0n) is 11.4. The number of carbonyl (C=O) groups is 2. The van der Waals surface area contributed by atoms with Crippen LogP contribution in [-0.4, -0.2) is 18.5 Å². The van der Waals surface area contributed by atoms with Gasteiger partial charge in [0.25, 0.3) is 5.91 Å². The molecule has 0 aliphatic carbocycles. The molecule has 0 aliphatic heterocycles. The van der Waals surface area contributed by atoms with Gasteiger partial charge < -0.3 is 10.1 Å². The smallest absolute Gasteiger partial charge is 0.340 e. The van der Waals surface area contributed by atoms with E-state index in [1.54, 1.807) is 0 Å². The van der Waals surface area contributed by atoms with Crippen LogP contribution in [0.5, 0.6) is 0 Å². The predicted molar refractivity (Wildman–Crippen MR) is 81.7 cm³/mol. The van der Waals surface area contributed by atoms with Crippen molar-refractivity contribution in [3.05, 3.63) is 63.6 Å². The monoisotopic (exact) mass is 359 g/mol. The van der Waals surface area contributed by atoms with Gasteiger partial charge in [-0.1, -0.05) is 23.2 Å². The molecule has 0 saturated carbocycles. The van der Waals surface area contributed by atoms with E-state index in [-0.39, 0.29) is 21.3 Å². The van der Waals surface area contributed by atoms with Crippen molar-refractivity contribution in [2.75, 3.05) is 11.9 Å². The summed E-state index contributed by atoms with van der Waals surface area (Å²) < 4.78 is 30.6. The lowest BCUT2D eigenvalue weighted by atomic mass is 10.2. The Hall–Kier alpha value is -2.18. The number of amides is 1. The topological polar surface area (TPSA) is 55.4 Å². The Bertz CT molecular complexity index is 768. The van der Waals surface area contributed by atoms with Gasteiger partial charge in [0.1, 0.15) is 0 Å². The van der Waals surface area contributed by atoms with Gasteiger partial charge in [-0.3, -0.25) is 4.79 Å². The molecule has 0 aliphatic rings. The largest absolute Gasteiger partial charge is 0.452 e. The molecular formula is C15H9Cl2F2NO3. The number of rotatable bonds is 4. The second-order valence-electron chi connectivity index (χ2n) is 4.38. The highest BCUT2D eigenvalue weighted by Gasteiger charge is 2.15. The molecule has 4 nitrogen and oxygen atoms in total. The maximum absolute atomic E-state index is 13.0. The molecule has 0 unspecified atom stereocenters. The molecule has 1 amide bonds. The molecule has 0 bridgehead atoms. The van der Waals surface area contributed by atoms with Gasteiger partial charge in [0.2, 0.25) is 0 Å². The fraction of sp³-hybridized carbons (Fsp3) is 0.0667. The minimum Gasteiger partial charge on any atom is -0.452 e. The van der Waals surface area contributed by atoms with Crippen LogP contribution in [0.4, 0.5) is 14.5 Å². The molecular weight excluding hydrogens is 351 g/mol. The second kappa shape index (κ2) is 7.39. The molecule has 0 heterocycles. The third kappa shape index (κ3) is 4.64. The van der Waals surface area contributed by atoms with Crippen LogP contribution in [0, 0.1) is 11.6 Å². The summed E-state index contributed by atoms with van der Waals surface area (Å²) in [6, 6.07) is 7.06. The zero-order valence-corrected chi connectivity index (χ0v) is 12.9. The Balaban J connectivity index is 1.94. The van der Waals surface area contributed by atoms with Crippen LogP contribution in [0.15, 0.2) is 36.4 Å². The van der Waals surface area contributed by atoms with Crippen LogP contribution in [0.1, 0.15) is 10.4 Å². The first-order valence-electron chi connectivity index (χ1n) is 6.24. The molecule has 120 valence electrons. The SMILES string of the molecule is O=C(COC(=O)c1cc(Cl)ccc1Cl)Nc1ccc(F)c(F)c1. The first-order valence-corrected chi connectivity index (χ1v) is 6.99. The van der Waals surface area contributed by atoms with E-state index in [0.717, 1.165) is 12.1 Å². The lowest BCUT2D eigenvalue weighted by Gasteiger charge is -2.08. The van der Waals surface area contributed by atoms with Crippen molar-refractivity contribution in [1.82, 2.24) is 0 Å². The number of halogens is 4. The van der Waals surface area contributed by atoms with E-state index >= 15 is 0 Å². The van der Waals surface area contributed by atoms with Gasteiger partial charge in [-0.15, -0.1) is 0 Å². The summed E-state index contributed by atoms with van der Waals surface area (Å²) >= 11 is 11.6. The molecule has 0 aromatic heterocycles. The highest BCUT2D eigenvalue weighted by Crippen LogP contribution is 2.21. The first-order chi connectivity index (χ1) is 10.9. The Kier molecular flexibility index (Phi) is 5.52. The van der Waals surface area contributed by atoms with Crippen LogP contribution >= 0.6 is 23.2 Å². The number of ether oxygens (including phenoxy) is 1. The minimum absolute atomic E-state index is 0.0137. The summed E-state index contributed by atoms with van der Waals surface area (Å²) in [4.78, 5) is 23.5. The lowest BCUT2D eigenvalue weighted by molar-refractivity contribution is -0.119. The number of hydrogen-bond donors (Lipinski definition) is 1. The molecule has 2 aromatic rings. The van der Waals surface area contributed by atoms with Crippen molar-refractivity contribution >= 4 is 40.8 Å². The van der Waals surface area contributed by atoms with E-state index < -0.39 is 30.1 Å². The zero-order chi connectivity index (χ0) is 17.0. The summed E-state index contributed by atoms with van der Waals surface area (Å²) in [6.45, 7) is -0.624. The summed E-state index contributed by atoms with van der Waals surface area (Å²) in [5.74, 6) is -3.70. The number of benzene rings is 2. The standard InChI is InChI=1S/C15H9Cl2F2NO3/c16-8-1-3-11(17)10(5-8)15(22)23-7-14(21)20-9-2-4-12(18)13(19)6-9/h1-6H,7H2,(H,20,21). The van der Waals surface area contributed by atoms with E-state index in [9.17, 15) is 18.4 Å². The summed E-state index contributed by atoms with van der Waals surface area (Å²) in [5.41, 5.74) is 0.0468. The van der Waals surface area contributed by atoms with Crippen molar-refractivity contribution in [1.29, 1.82) is 0 Å². The van der Waals surface area contributed by atoms with Gasteiger partial charge in [-0.05, 0) is 30.3 Å². The quantitative estimate of drug-likeness (QED) is 0.837. The van der Waals surface area contributed by atoms with E-state index in [4.69, 9.17) is 27.9 Å². The lowest BCUT2D eigenvalue weighted by Crippen LogP contribution is -2.21. The predicted octanol–water partition coefficient (Wildman–Crippen LogP) is 4.07. The number of anilines is 1. The van der Waals surface area contributed by atoms with Crippen molar-refractivity contribution < 1.29 is 23.1 Å². The maximum Gasteiger partial charge on any atom is 0.340 e. The highest BCUT2D eigenvalue weighted by atomic mass is 35.5. The van der Waals surface area contributed by atoms with Gasteiger partial charge in [0, 0.05) is 16.8 Å². The van der Waals surface area contributed by atoms with Gasteiger partial charge in [0.05, 0.1) is 10.6 Å². The van der Waals surface area contributed by atoms with E-state index in [2.05, 4.69) is 5.32 Å². The Morgan fingerprint density at radius 2 is 1.78 bits per heavy atom. The van der Waals surface area contributed by atoms with Gasteiger partial charge in [-0.2, -0.15) is 0 Å². The maximum atomic E-state index is 13.0. The number of esters is 1. The molecule has 0 saturated heterocycles. The molecule has 8 heteroatoms. The van der Waals surface area contributed by atoms with E-state index in [1.165, 1.54) is 24.3 Å². The van der Waals surface area contributed by atoms with Crippen molar-refractivity contribution in [2.45, 2.75) is 0 Å². The van der Waals surface area contributed by atoms with Crippen molar-refractivity contribution in [3.8, 4) is 0 Å².